The maximum Gasteiger partial charge on any atom is 0.220 e. The molecule has 0 aliphatic carbocycles. The van der Waals surface area contributed by atoms with Crippen LogP contribution >= 0.6 is 15.9 Å². The molecule has 144 valence electrons. The van der Waals surface area contributed by atoms with Gasteiger partial charge in [-0.15, -0.1) is 0 Å². The second-order valence-corrected chi connectivity index (χ2v) is 8.16. The van der Waals surface area contributed by atoms with Crippen LogP contribution in [0.2, 0.25) is 0 Å². The molecule has 0 saturated carbocycles. The van der Waals surface area contributed by atoms with Gasteiger partial charge in [0.05, 0.1) is 6.04 Å². The van der Waals surface area contributed by atoms with Crippen molar-refractivity contribution in [3.63, 3.8) is 0 Å². The van der Waals surface area contributed by atoms with E-state index < -0.39 is 0 Å². The molecule has 0 aromatic heterocycles. The van der Waals surface area contributed by atoms with Gasteiger partial charge in [0.2, 0.25) is 5.91 Å². The van der Waals surface area contributed by atoms with E-state index in [1.54, 1.807) is 0 Å². The third-order valence-electron chi connectivity index (χ3n) is 5.11. The van der Waals surface area contributed by atoms with Crippen molar-refractivity contribution in [2.24, 2.45) is 5.92 Å². The molecule has 1 saturated heterocycles. The van der Waals surface area contributed by atoms with Crippen LogP contribution in [0.15, 0.2) is 28.7 Å². The second-order valence-electron chi connectivity index (χ2n) is 7.25. The fourth-order valence-corrected chi connectivity index (χ4v) is 3.73. The molecule has 1 aliphatic heterocycles. The molecule has 0 radical (unpaired) electrons. The van der Waals surface area contributed by atoms with Crippen molar-refractivity contribution in [2.45, 2.75) is 64.3 Å². The standard InChI is InChI=1S/C21H31BrN2O2/c1-16(17-8-10-19(22)11-9-17)24-21(26)13-12-20(25)18-6-2-4-14-23-15-5-3-7-18/h8-11,16,18,23H,2-7,12-15H2,1H3,(H,24,26). The van der Waals surface area contributed by atoms with Crippen molar-refractivity contribution in [3.05, 3.63) is 34.3 Å². The summed E-state index contributed by atoms with van der Waals surface area (Å²) in [5.41, 5.74) is 1.06. The highest BCUT2D eigenvalue weighted by Gasteiger charge is 2.19. The molecule has 0 bridgehead atoms. The summed E-state index contributed by atoms with van der Waals surface area (Å²) in [6, 6.07) is 7.88. The maximum absolute atomic E-state index is 12.6. The lowest BCUT2D eigenvalue weighted by molar-refractivity contribution is -0.128. The first-order valence-corrected chi connectivity index (χ1v) is 10.6. The predicted octanol–water partition coefficient (Wildman–Crippen LogP) is 4.54. The fourth-order valence-electron chi connectivity index (χ4n) is 3.46. The smallest absolute Gasteiger partial charge is 0.220 e. The highest BCUT2D eigenvalue weighted by molar-refractivity contribution is 9.10. The Bertz CT molecular complexity index is 564. The Morgan fingerprint density at radius 1 is 1.08 bits per heavy atom. The number of Topliss-reactive ketones (excluding diaryl/α,β-unsaturated/α-hetero) is 1. The van der Waals surface area contributed by atoms with Crippen molar-refractivity contribution in [1.82, 2.24) is 10.6 Å². The van der Waals surface area contributed by atoms with Gasteiger partial charge in [0.25, 0.3) is 0 Å². The summed E-state index contributed by atoms with van der Waals surface area (Å²) in [5, 5.41) is 6.43. The summed E-state index contributed by atoms with van der Waals surface area (Å²) < 4.78 is 1.02. The topological polar surface area (TPSA) is 58.2 Å². The van der Waals surface area contributed by atoms with Crippen LogP contribution in [0.5, 0.6) is 0 Å². The van der Waals surface area contributed by atoms with Crippen LogP contribution in [0.3, 0.4) is 0 Å². The number of carbonyl (C=O) groups excluding carboxylic acids is 2. The second kappa shape index (κ2) is 11.5. The molecule has 0 spiro atoms. The van der Waals surface area contributed by atoms with Gasteiger partial charge >= 0.3 is 0 Å². The molecule has 1 fully saturated rings. The van der Waals surface area contributed by atoms with E-state index in [1.807, 2.05) is 31.2 Å². The minimum atomic E-state index is -0.0492. The first-order valence-electron chi connectivity index (χ1n) is 9.84. The van der Waals surface area contributed by atoms with Gasteiger partial charge < -0.3 is 10.6 Å². The molecule has 1 heterocycles. The first kappa shape index (κ1) is 21.1. The van der Waals surface area contributed by atoms with Crippen LogP contribution in [0, 0.1) is 5.92 Å². The van der Waals surface area contributed by atoms with E-state index in [9.17, 15) is 9.59 Å². The van der Waals surface area contributed by atoms with Crippen LogP contribution < -0.4 is 10.6 Å². The quantitative estimate of drug-likeness (QED) is 0.707. The number of amides is 1. The number of benzene rings is 1. The first-order chi connectivity index (χ1) is 12.6. The largest absolute Gasteiger partial charge is 0.350 e. The lowest BCUT2D eigenvalue weighted by Gasteiger charge is -2.18. The molecule has 2 rings (SSSR count). The monoisotopic (exact) mass is 422 g/mol. The summed E-state index contributed by atoms with van der Waals surface area (Å²) in [4.78, 5) is 24.8. The van der Waals surface area contributed by atoms with E-state index in [0.717, 1.165) is 61.7 Å². The van der Waals surface area contributed by atoms with E-state index in [-0.39, 0.29) is 30.1 Å². The Hall–Kier alpha value is -1.20. The lowest BCUT2D eigenvalue weighted by Crippen LogP contribution is -2.28. The molecule has 1 atom stereocenters. The van der Waals surface area contributed by atoms with Gasteiger partial charge in [-0.3, -0.25) is 9.59 Å². The van der Waals surface area contributed by atoms with Gasteiger partial charge in [0.15, 0.2) is 0 Å². The Labute approximate surface area is 165 Å². The van der Waals surface area contributed by atoms with Crippen molar-refractivity contribution in [1.29, 1.82) is 0 Å². The van der Waals surface area contributed by atoms with E-state index in [4.69, 9.17) is 0 Å². The van der Waals surface area contributed by atoms with E-state index in [1.165, 1.54) is 0 Å². The molecule has 26 heavy (non-hydrogen) atoms. The van der Waals surface area contributed by atoms with Gasteiger partial charge in [-0.25, -0.2) is 0 Å². The Morgan fingerprint density at radius 2 is 1.69 bits per heavy atom. The summed E-state index contributed by atoms with van der Waals surface area (Å²) in [6.45, 7) is 4.08. The zero-order valence-corrected chi connectivity index (χ0v) is 17.3. The summed E-state index contributed by atoms with van der Waals surface area (Å²) in [5.74, 6) is 0.368. The molecular weight excluding hydrogens is 392 g/mol. The van der Waals surface area contributed by atoms with Gasteiger partial charge in [-0.05, 0) is 63.4 Å². The maximum atomic E-state index is 12.6. The number of nitrogens with one attached hydrogen (secondary N) is 2. The number of rotatable bonds is 6. The van der Waals surface area contributed by atoms with Crippen molar-refractivity contribution in [2.75, 3.05) is 13.1 Å². The number of hydrogen-bond acceptors (Lipinski definition) is 3. The highest BCUT2D eigenvalue weighted by Crippen LogP contribution is 2.21. The van der Waals surface area contributed by atoms with E-state index >= 15 is 0 Å². The van der Waals surface area contributed by atoms with Crippen LogP contribution in [0.25, 0.3) is 0 Å². The molecule has 1 unspecified atom stereocenters. The SMILES string of the molecule is CC(NC(=O)CCC(=O)C1CCCCNCCCC1)c1ccc(Br)cc1. The van der Waals surface area contributed by atoms with Gasteiger partial charge in [0, 0.05) is 23.2 Å². The summed E-state index contributed by atoms with van der Waals surface area (Å²) >= 11 is 3.42. The average molecular weight is 423 g/mol. The van der Waals surface area contributed by atoms with Crippen LogP contribution in [-0.4, -0.2) is 24.8 Å². The summed E-state index contributed by atoms with van der Waals surface area (Å²) in [6.07, 6.45) is 7.05. The van der Waals surface area contributed by atoms with Gasteiger partial charge in [-0.1, -0.05) is 40.9 Å². The predicted molar refractivity (Wildman–Crippen MR) is 109 cm³/mol. The Balaban J connectivity index is 1.75. The minimum Gasteiger partial charge on any atom is -0.350 e. The van der Waals surface area contributed by atoms with E-state index in [2.05, 4.69) is 26.6 Å². The molecule has 1 aliphatic rings. The molecule has 1 amide bonds. The Morgan fingerprint density at radius 3 is 2.31 bits per heavy atom. The minimum absolute atomic E-state index is 0.0437. The molecule has 5 heteroatoms. The molecule has 1 aromatic rings. The van der Waals surface area contributed by atoms with Crippen LogP contribution in [-0.2, 0) is 9.59 Å². The highest BCUT2D eigenvalue weighted by atomic mass is 79.9. The van der Waals surface area contributed by atoms with Crippen molar-refractivity contribution in [3.8, 4) is 0 Å². The van der Waals surface area contributed by atoms with Gasteiger partial charge in [-0.2, -0.15) is 0 Å². The Kier molecular flexibility index (Phi) is 9.33. The lowest BCUT2D eigenvalue weighted by atomic mass is 9.89. The molecular formula is C21H31BrN2O2. The number of ketones is 1. The number of carbonyl (C=O) groups is 2. The zero-order chi connectivity index (χ0) is 18.8. The fraction of sp³-hybridized carbons (Fsp3) is 0.619. The van der Waals surface area contributed by atoms with Crippen molar-refractivity contribution < 1.29 is 9.59 Å². The summed E-state index contributed by atoms with van der Waals surface area (Å²) in [7, 11) is 0. The number of halogens is 1. The van der Waals surface area contributed by atoms with Crippen LogP contribution in [0.1, 0.15) is 69.9 Å². The van der Waals surface area contributed by atoms with Crippen molar-refractivity contribution >= 4 is 27.6 Å². The van der Waals surface area contributed by atoms with Crippen LogP contribution in [0.4, 0.5) is 0 Å². The third kappa shape index (κ3) is 7.58. The zero-order valence-electron chi connectivity index (χ0n) is 15.7. The van der Waals surface area contributed by atoms with Gasteiger partial charge in [0.1, 0.15) is 5.78 Å². The third-order valence-corrected chi connectivity index (χ3v) is 5.64. The molecule has 4 nitrogen and oxygen atoms in total. The molecule has 1 aromatic carbocycles. The van der Waals surface area contributed by atoms with E-state index in [0.29, 0.717) is 6.42 Å². The average Bonchev–Trinajstić information content (AvgIpc) is 2.64. The normalized spacial score (nSPS) is 18.1. The molecule has 2 N–H and O–H groups in total. The number of hydrogen-bond donors (Lipinski definition) is 2.